The van der Waals surface area contributed by atoms with Crippen molar-refractivity contribution in [3.63, 3.8) is 0 Å². The van der Waals surface area contributed by atoms with Gasteiger partial charge >= 0.3 is 0 Å². The summed E-state index contributed by atoms with van der Waals surface area (Å²) in [5, 5.41) is 0. The maximum absolute atomic E-state index is 12.2. The highest BCUT2D eigenvalue weighted by atomic mass is 16.2. The molecule has 1 aromatic heterocycles. The summed E-state index contributed by atoms with van der Waals surface area (Å²) < 4.78 is 0. The van der Waals surface area contributed by atoms with E-state index in [1.165, 1.54) is 0 Å². The number of primary amides is 1. The van der Waals surface area contributed by atoms with E-state index in [1.54, 1.807) is 17.3 Å². The fraction of sp³-hybridized carbons (Fsp3) is 0.381. The van der Waals surface area contributed by atoms with Crippen molar-refractivity contribution in [2.75, 3.05) is 13.1 Å². The summed E-state index contributed by atoms with van der Waals surface area (Å²) in [6.45, 7) is 3.02. The fourth-order valence-corrected chi connectivity index (χ4v) is 3.64. The van der Waals surface area contributed by atoms with E-state index in [1.807, 2.05) is 43.3 Å². The average Bonchev–Trinajstić information content (AvgIpc) is 3.09. The van der Waals surface area contributed by atoms with Gasteiger partial charge in [0.05, 0.1) is 5.41 Å². The minimum absolute atomic E-state index is 0.114. The number of hydrogen-bond donors (Lipinski definition) is 1. The second-order valence-electron chi connectivity index (χ2n) is 7.07. The molecule has 1 atom stereocenters. The van der Waals surface area contributed by atoms with Gasteiger partial charge in [0, 0.05) is 31.9 Å². The lowest BCUT2D eigenvalue weighted by molar-refractivity contribution is -0.132. The Hall–Kier alpha value is -2.69. The van der Waals surface area contributed by atoms with Crippen molar-refractivity contribution in [1.82, 2.24) is 9.88 Å². The van der Waals surface area contributed by atoms with E-state index in [-0.39, 0.29) is 11.8 Å². The Bertz CT molecular complexity index is 774. The molecule has 0 saturated carbocycles. The molecule has 1 aliphatic rings. The molecule has 2 amide bonds. The number of likely N-dealkylation sites (tertiary alicyclic amines) is 1. The predicted octanol–water partition coefficient (Wildman–Crippen LogP) is 2.80. The Labute approximate surface area is 154 Å². The van der Waals surface area contributed by atoms with Crippen molar-refractivity contribution in [2.24, 2.45) is 11.1 Å². The summed E-state index contributed by atoms with van der Waals surface area (Å²) in [5.41, 5.74) is 8.36. The van der Waals surface area contributed by atoms with Crippen LogP contribution in [-0.2, 0) is 16.0 Å². The predicted molar refractivity (Wildman–Crippen MR) is 101 cm³/mol. The van der Waals surface area contributed by atoms with Gasteiger partial charge in [-0.15, -0.1) is 0 Å². The zero-order valence-corrected chi connectivity index (χ0v) is 15.1. The first-order valence-corrected chi connectivity index (χ1v) is 9.11. The molecule has 136 valence electrons. The summed E-state index contributed by atoms with van der Waals surface area (Å²) in [4.78, 5) is 30.2. The standard InChI is InChI=1S/C21H25N3O2/c1-2-3-19(25)24-13-10-21(15-24,20(22)26)14-16-4-6-17(7-5-16)18-8-11-23-12-9-18/h4-9,11-12H,2-3,10,13-15H2,1H3,(H2,22,26). The molecular weight excluding hydrogens is 326 g/mol. The molecule has 0 aliphatic carbocycles. The highest BCUT2D eigenvalue weighted by Crippen LogP contribution is 2.35. The highest BCUT2D eigenvalue weighted by molar-refractivity contribution is 5.84. The molecule has 2 aromatic rings. The van der Waals surface area contributed by atoms with Crippen LogP contribution in [0, 0.1) is 5.41 Å². The van der Waals surface area contributed by atoms with Crippen LogP contribution < -0.4 is 5.73 Å². The van der Waals surface area contributed by atoms with E-state index in [0.29, 0.717) is 32.4 Å². The molecule has 1 unspecified atom stereocenters. The Morgan fingerprint density at radius 3 is 2.38 bits per heavy atom. The number of carbonyl (C=O) groups is 2. The number of nitrogens with zero attached hydrogens (tertiary/aromatic N) is 2. The molecule has 1 aliphatic heterocycles. The van der Waals surface area contributed by atoms with Crippen LogP contribution in [-0.4, -0.2) is 34.8 Å². The molecule has 1 fully saturated rings. The van der Waals surface area contributed by atoms with Gasteiger partial charge in [0.2, 0.25) is 11.8 Å². The second-order valence-corrected chi connectivity index (χ2v) is 7.07. The van der Waals surface area contributed by atoms with Crippen LogP contribution in [0.25, 0.3) is 11.1 Å². The Kier molecular flexibility index (Phi) is 5.35. The van der Waals surface area contributed by atoms with Gasteiger partial charge in [-0.05, 0) is 48.1 Å². The number of rotatable bonds is 6. The molecule has 5 heteroatoms. The molecule has 3 rings (SSSR count). The minimum Gasteiger partial charge on any atom is -0.369 e. The van der Waals surface area contributed by atoms with Gasteiger partial charge in [-0.1, -0.05) is 31.2 Å². The summed E-state index contributed by atoms with van der Waals surface area (Å²) in [5.74, 6) is -0.203. The van der Waals surface area contributed by atoms with E-state index in [0.717, 1.165) is 23.1 Å². The number of pyridine rings is 1. The van der Waals surface area contributed by atoms with Crippen LogP contribution in [0.15, 0.2) is 48.8 Å². The smallest absolute Gasteiger partial charge is 0.225 e. The van der Waals surface area contributed by atoms with Crippen LogP contribution >= 0.6 is 0 Å². The fourth-order valence-electron chi connectivity index (χ4n) is 3.64. The second kappa shape index (κ2) is 7.68. The van der Waals surface area contributed by atoms with Gasteiger partial charge in [-0.25, -0.2) is 0 Å². The number of aromatic nitrogens is 1. The third-order valence-electron chi connectivity index (χ3n) is 5.20. The normalized spacial score (nSPS) is 19.5. The number of amides is 2. The summed E-state index contributed by atoms with van der Waals surface area (Å²) >= 11 is 0. The van der Waals surface area contributed by atoms with Crippen molar-refractivity contribution in [3.8, 4) is 11.1 Å². The molecule has 26 heavy (non-hydrogen) atoms. The van der Waals surface area contributed by atoms with Gasteiger partial charge in [-0.2, -0.15) is 0 Å². The van der Waals surface area contributed by atoms with E-state index < -0.39 is 5.41 Å². The van der Waals surface area contributed by atoms with Gasteiger partial charge in [0.1, 0.15) is 0 Å². The molecule has 2 heterocycles. The first-order chi connectivity index (χ1) is 12.5. The Balaban J connectivity index is 1.75. The van der Waals surface area contributed by atoms with Crippen molar-refractivity contribution in [2.45, 2.75) is 32.6 Å². The Morgan fingerprint density at radius 1 is 1.12 bits per heavy atom. The number of hydrogen-bond acceptors (Lipinski definition) is 3. The minimum atomic E-state index is -0.665. The molecule has 0 radical (unpaired) electrons. The van der Waals surface area contributed by atoms with Crippen LogP contribution in [0.5, 0.6) is 0 Å². The van der Waals surface area contributed by atoms with Crippen molar-refractivity contribution in [1.29, 1.82) is 0 Å². The topological polar surface area (TPSA) is 76.3 Å². The van der Waals surface area contributed by atoms with Crippen LogP contribution in [0.3, 0.4) is 0 Å². The van der Waals surface area contributed by atoms with Gasteiger partial charge in [0.15, 0.2) is 0 Å². The summed E-state index contributed by atoms with van der Waals surface area (Å²) in [7, 11) is 0. The van der Waals surface area contributed by atoms with Crippen molar-refractivity contribution in [3.05, 3.63) is 54.4 Å². The third-order valence-corrected chi connectivity index (χ3v) is 5.20. The number of nitrogens with two attached hydrogens (primary N) is 1. The molecular formula is C21H25N3O2. The third kappa shape index (κ3) is 3.77. The van der Waals surface area contributed by atoms with E-state index in [2.05, 4.69) is 4.98 Å². The first kappa shape index (κ1) is 18.1. The van der Waals surface area contributed by atoms with Crippen LogP contribution in [0.1, 0.15) is 31.7 Å². The SMILES string of the molecule is CCCC(=O)N1CCC(Cc2ccc(-c3ccncc3)cc2)(C(N)=O)C1. The van der Waals surface area contributed by atoms with Gasteiger partial charge in [-0.3, -0.25) is 14.6 Å². The number of carbonyl (C=O) groups excluding carboxylic acids is 2. The van der Waals surface area contributed by atoms with Crippen LogP contribution in [0.2, 0.25) is 0 Å². The van der Waals surface area contributed by atoms with E-state index in [9.17, 15) is 9.59 Å². The molecule has 0 bridgehead atoms. The van der Waals surface area contributed by atoms with Crippen molar-refractivity contribution < 1.29 is 9.59 Å². The van der Waals surface area contributed by atoms with Crippen LogP contribution in [0.4, 0.5) is 0 Å². The van der Waals surface area contributed by atoms with Gasteiger partial charge < -0.3 is 10.6 Å². The van der Waals surface area contributed by atoms with E-state index >= 15 is 0 Å². The summed E-state index contributed by atoms with van der Waals surface area (Å²) in [6, 6.07) is 12.1. The number of benzene rings is 1. The molecule has 0 spiro atoms. The largest absolute Gasteiger partial charge is 0.369 e. The maximum atomic E-state index is 12.2. The zero-order valence-electron chi connectivity index (χ0n) is 15.1. The lowest BCUT2D eigenvalue weighted by Gasteiger charge is -2.26. The van der Waals surface area contributed by atoms with Crippen molar-refractivity contribution >= 4 is 11.8 Å². The maximum Gasteiger partial charge on any atom is 0.225 e. The molecule has 5 nitrogen and oxygen atoms in total. The lowest BCUT2D eigenvalue weighted by atomic mass is 9.80. The summed E-state index contributed by atoms with van der Waals surface area (Å²) in [6.07, 6.45) is 6.07. The lowest BCUT2D eigenvalue weighted by Crippen LogP contribution is -2.42. The Morgan fingerprint density at radius 2 is 1.77 bits per heavy atom. The zero-order chi connectivity index (χ0) is 18.6. The molecule has 2 N–H and O–H groups in total. The highest BCUT2D eigenvalue weighted by Gasteiger charge is 2.44. The van der Waals surface area contributed by atoms with Gasteiger partial charge in [0.25, 0.3) is 0 Å². The van der Waals surface area contributed by atoms with E-state index in [4.69, 9.17) is 5.73 Å². The average molecular weight is 351 g/mol. The molecule has 1 aromatic carbocycles. The monoisotopic (exact) mass is 351 g/mol. The molecule has 1 saturated heterocycles. The quantitative estimate of drug-likeness (QED) is 0.869. The first-order valence-electron chi connectivity index (χ1n) is 9.11.